The topological polar surface area (TPSA) is 71.3 Å². The first kappa shape index (κ1) is 25.8. The Morgan fingerprint density at radius 3 is 2.32 bits per heavy atom. The van der Waals surface area contributed by atoms with E-state index in [1.165, 1.54) is 6.08 Å². The van der Waals surface area contributed by atoms with Crippen LogP contribution in [-0.2, 0) is 18.0 Å². The van der Waals surface area contributed by atoms with Gasteiger partial charge in [-0.15, -0.1) is 0 Å². The number of carbonyl (C=O) groups excluding carboxylic acids is 1. The van der Waals surface area contributed by atoms with Gasteiger partial charge in [0.15, 0.2) is 0 Å². The van der Waals surface area contributed by atoms with Crippen LogP contribution in [0.1, 0.15) is 16.7 Å². The molecule has 1 amide bonds. The average molecular weight is 529 g/mol. The number of carbonyl (C=O) groups is 1. The van der Waals surface area contributed by atoms with E-state index < -0.39 is 5.91 Å². The number of ether oxygens (including phenoxy) is 2. The molecule has 1 N–H and O–H groups in total. The highest BCUT2D eigenvalue weighted by atomic mass is 35.5. The van der Waals surface area contributed by atoms with Gasteiger partial charge in [0.1, 0.15) is 36.4 Å². The molecule has 0 aliphatic carbocycles. The van der Waals surface area contributed by atoms with Crippen molar-refractivity contribution in [1.82, 2.24) is 0 Å². The second-order valence-electron chi connectivity index (χ2n) is 8.02. The van der Waals surface area contributed by atoms with Crippen LogP contribution < -0.4 is 14.8 Å². The van der Waals surface area contributed by atoms with Gasteiger partial charge in [-0.1, -0.05) is 71.7 Å². The van der Waals surface area contributed by atoms with Crippen LogP contribution in [0.2, 0.25) is 10.0 Å². The molecular weight excluding hydrogens is 507 g/mol. The molecule has 0 heterocycles. The molecule has 5 nitrogen and oxygen atoms in total. The summed E-state index contributed by atoms with van der Waals surface area (Å²) in [4.78, 5) is 12.7. The van der Waals surface area contributed by atoms with Gasteiger partial charge in [-0.2, -0.15) is 5.26 Å². The fraction of sp³-hybridized carbons (Fsp3) is 0.0667. The van der Waals surface area contributed by atoms with Crippen LogP contribution >= 0.6 is 23.2 Å². The Bertz CT molecular complexity index is 1450. The molecule has 4 rings (SSSR count). The lowest BCUT2D eigenvalue weighted by Crippen LogP contribution is -2.13. The highest BCUT2D eigenvalue weighted by molar-refractivity contribution is 6.35. The SMILES string of the molecule is N#C/C(=C/c1cccc(OCc2ccc(Cl)cc2Cl)c1)C(=O)Nc1ccc(OCc2ccccc2)cc1. The quantitative estimate of drug-likeness (QED) is 0.178. The van der Waals surface area contributed by atoms with Crippen molar-refractivity contribution in [3.8, 4) is 17.6 Å². The molecule has 4 aromatic rings. The van der Waals surface area contributed by atoms with Crippen molar-refractivity contribution >= 4 is 40.9 Å². The van der Waals surface area contributed by atoms with Crippen molar-refractivity contribution in [3.63, 3.8) is 0 Å². The van der Waals surface area contributed by atoms with E-state index >= 15 is 0 Å². The Balaban J connectivity index is 1.36. The van der Waals surface area contributed by atoms with Gasteiger partial charge >= 0.3 is 0 Å². The zero-order valence-corrected chi connectivity index (χ0v) is 21.2. The van der Waals surface area contributed by atoms with Crippen molar-refractivity contribution in [1.29, 1.82) is 5.26 Å². The third kappa shape index (κ3) is 7.62. The van der Waals surface area contributed by atoms with Gasteiger partial charge in [0, 0.05) is 21.3 Å². The van der Waals surface area contributed by atoms with E-state index in [9.17, 15) is 10.1 Å². The number of nitrogens with zero attached hydrogens (tertiary/aromatic N) is 1. The molecule has 0 aliphatic heterocycles. The molecule has 184 valence electrons. The van der Waals surface area contributed by atoms with Crippen molar-refractivity contribution < 1.29 is 14.3 Å². The number of hydrogen-bond donors (Lipinski definition) is 1. The minimum Gasteiger partial charge on any atom is -0.489 e. The first-order valence-corrected chi connectivity index (χ1v) is 12.1. The molecule has 0 atom stereocenters. The number of anilines is 1. The molecule has 0 unspecified atom stereocenters. The molecule has 0 saturated heterocycles. The molecule has 0 aromatic heterocycles. The lowest BCUT2D eigenvalue weighted by molar-refractivity contribution is -0.112. The molecule has 37 heavy (non-hydrogen) atoms. The molecule has 0 radical (unpaired) electrons. The maximum absolute atomic E-state index is 12.7. The van der Waals surface area contributed by atoms with E-state index in [1.54, 1.807) is 66.7 Å². The maximum Gasteiger partial charge on any atom is 0.266 e. The van der Waals surface area contributed by atoms with Crippen LogP contribution in [0.5, 0.6) is 11.5 Å². The van der Waals surface area contributed by atoms with E-state index in [4.69, 9.17) is 32.7 Å². The number of amides is 1. The Morgan fingerprint density at radius 2 is 1.59 bits per heavy atom. The summed E-state index contributed by atoms with van der Waals surface area (Å²) in [6.07, 6.45) is 1.51. The summed E-state index contributed by atoms with van der Waals surface area (Å²) in [6.45, 7) is 0.698. The zero-order valence-electron chi connectivity index (χ0n) is 19.7. The fourth-order valence-corrected chi connectivity index (χ4v) is 3.85. The zero-order chi connectivity index (χ0) is 26.0. The lowest BCUT2D eigenvalue weighted by Gasteiger charge is -2.09. The van der Waals surface area contributed by atoms with Gasteiger partial charge in [-0.05, 0) is 65.7 Å². The number of benzene rings is 4. The summed E-state index contributed by atoms with van der Waals surface area (Å²) in [5.74, 6) is 0.734. The van der Waals surface area contributed by atoms with Crippen LogP contribution in [0.25, 0.3) is 6.08 Å². The van der Waals surface area contributed by atoms with Gasteiger partial charge < -0.3 is 14.8 Å². The third-order valence-corrected chi connectivity index (χ3v) is 5.89. The standard InChI is InChI=1S/C30H22Cl2N2O3/c31-25-10-9-23(29(32)17-25)20-37-28-8-4-7-22(16-28)15-24(18-33)30(35)34-26-11-13-27(14-12-26)36-19-21-5-2-1-3-6-21/h1-17H,19-20H2,(H,34,35)/b24-15-. The van der Waals surface area contributed by atoms with Gasteiger partial charge in [-0.3, -0.25) is 4.79 Å². The summed E-state index contributed by atoms with van der Waals surface area (Å²) < 4.78 is 11.6. The normalized spacial score (nSPS) is 10.9. The second kappa shape index (κ2) is 12.6. The Hall–Kier alpha value is -4.24. The summed E-state index contributed by atoms with van der Waals surface area (Å²) in [7, 11) is 0. The van der Waals surface area contributed by atoms with Crippen LogP contribution in [-0.4, -0.2) is 5.91 Å². The summed E-state index contributed by atoms with van der Waals surface area (Å²) in [6, 6.07) is 31.1. The van der Waals surface area contributed by atoms with Crippen LogP contribution in [0, 0.1) is 11.3 Å². The predicted molar refractivity (Wildman–Crippen MR) is 147 cm³/mol. The van der Waals surface area contributed by atoms with Crippen LogP contribution in [0.4, 0.5) is 5.69 Å². The second-order valence-corrected chi connectivity index (χ2v) is 8.86. The van der Waals surface area contributed by atoms with E-state index in [1.807, 2.05) is 36.4 Å². The predicted octanol–water partition coefficient (Wildman–Crippen LogP) is 7.70. The van der Waals surface area contributed by atoms with Gasteiger partial charge in [0.2, 0.25) is 0 Å². The first-order chi connectivity index (χ1) is 18.0. The Morgan fingerprint density at radius 1 is 0.838 bits per heavy atom. The smallest absolute Gasteiger partial charge is 0.266 e. The van der Waals surface area contributed by atoms with E-state index in [0.717, 1.165) is 11.1 Å². The van der Waals surface area contributed by atoms with E-state index in [0.29, 0.717) is 39.4 Å². The molecule has 0 aliphatic rings. The van der Waals surface area contributed by atoms with Gasteiger partial charge in [0.05, 0.1) is 0 Å². The highest BCUT2D eigenvalue weighted by Gasteiger charge is 2.10. The minimum absolute atomic E-state index is 0.0395. The number of nitriles is 1. The highest BCUT2D eigenvalue weighted by Crippen LogP contribution is 2.24. The molecule has 0 saturated carbocycles. The maximum atomic E-state index is 12.7. The first-order valence-electron chi connectivity index (χ1n) is 11.4. The Kier molecular flexibility index (Phi) is 8.83. The average Bonchev–Trinajstić information content (AvgIpc) is 2.91. The molecule has 7 heteroatoms. The number of nitrogens with one attached hydrogen (secondary N) is 1. The number of halogens is 2. The fourth-order valence-electron chi connectivity index (χ4n) is 3.38. The van der Waals surface area contributed by atoms with Crippen molar-refractivity contribution in [2.45, 2.75) is 13.2 Å². The molecule has 4 aromatic carbocycles. The van der Waals surface area contributed by atoms with Crippen LogP contribution in [0.3, 0.4) is 0 Å². The van der Waals surface area contributed by atoms with E-state index in [-0.39, 0.29) is 12.2 Å². The number of rotatable bonds is 9. The molecule has 0 spiro atoms. The summed E-state index contributed by atoms with van der Waals surface area (Å²) >= 11 is 12.1. The molecular formula is C30H22Cl2N2O3. The molecule has 0 bridgehead atoms. The number of hydrogen-bond acceptors (Lipinski definition) is 4. The summed E-state index contributed by atoms with van der Waals surface area (Å²) in [5.41, 5.74) is 3.01. The van der Waals surface area contributed by atoms with Crippen molar-refractivity contribution in [3.05, 3.63) is 129 Å². The van der Waals surface area contributed by atoms with Crippen molar-refractivity contribution in [2.24, 2.45) is 0 Å². The monoisotopic (exact) mass is 528 g/mol. The van der Waals surface area contributed by atoms with E-state index in [2.05, 4.69) is 5.32 Å². The largest absolute Gasteiger partial charge is 0.489 e. The Labute approximate surface area is 225 Å². The minimum atomic E-state index is -0.514. The van der Waals surface area contributed by atoms with Crippen molar-refractivity contribution in [2.75, 3.05) is 5.32 Å². The molecule has 0 fully saturated rings. The lowest BCUT2D eigenvalue weighted by atomic mass is 10.1. The van der Waals surface area contributed by atoms with Gasteiger partial charge in [0.25, 0.3) is 5.91 Å². The van der Waals surface area contributed by atoms with Gasteiger partial charge in [-0.25, -0.2) is 0 Å². The summed E-state index contributed by atoms with van der Waals surface area (Å²) in [5, 5.41) is 13.4. The van der Waals surface area contributed by atoms with Crippen LogP contribution in [0.15, 0.2) is 103 Å². The third-order valence-electron chi connectivity index (χ3n) is 5.30.